The molecule has 2 aliphatic heterocycles. The molecule has 8 heteroatoms. The SMILES string of the molecule is CCCC(C)(C)C(=O)N=C1C=C2C(=CC1=C1C(=O)C(c3cc4c(cc3NC(=O)C(C)(C)CCC)N(C)C(C)C4(C)C)=C1O)C(C)(C)C(C)N2C. The number of hydrogen-bond donors (Lipinski definition) is 2. The molecule has 4 aliphatic rings. The summed E-state index contributed by atoms with van der Waals surface area (Å²) in [5, 5.41) is 15.1. The number of amides is 2. The normalized spacial score (nSPS) is 25.0. The molecule has 2 aliphatic carbocycles. The Balaban J connectivity index is 1.74. The van der Waals surface area contributed by atoms with Crippen LogP contribution >= 0.6 is 0 Å². The summed E-state index contributed by atoms with van der Waals surface area (Å²) in [6, 6.07) is 4.26. The van der Waals surface area contributed by atoms with Gasteiger partial charge in [0.25, 0.3) is 5.91 Å². The largest absolute Gasteiger partial charge is 0.506 e. The molecule has 2 amide bonds. The summed E-state index contributed by atoms with van der Waals surface area (Å²) in [7, 11) is 4.08. The lowest BCUT2D eigenvalue weighted by atomic mass is 9.73. The van der Waals surface area contributed by atoms with Crippen LogP contribution in [0.2, 0.25) is 0 Å². The van der Waals surface area contributed by atoms with Gasteiger partial charge < -0.3 is 20.2 Å². The minimum Gasteiger partial charge on any atom is -0.506 e. The molecule has 0 aromatic heterocycles. The van der Waals surface area contributed by atoms with Crippen molar-refractivity contribution >= 4 is 40.3 Å². The maximum Gasteiger partial charge on any atom is 0.251 e. The van der Waals surface area contributed by atoms with E-state index in [1.165, 1.54) is 0 Å². The number of aliphatic hydroxyl groups is 1. The molecule has 1 saturated heterocycles. The molecule has 2 heterocycles. The van der Waals surface area contributed by atoms with Gasteiger partial charge in [0.05, 0.1) is 22.5 Å². The lowest BCUT2D eigenvalue weighted by molar-refractivity contribution is -0.126. The summed E-state index contributed by atoms with van der Waals surface area (Å²) in [6.45, 7) is 24.8. The van der Waals surface area contributed by atoms with Gasteiger partial charge in [0.2, 0.25) is 11.7 Å². The number of anilines is 2. The van der Waals surface area contributed by atoms with Gasteiger partial charge >= 0.3 is 0 Å². The van der Waals surface area contributed by atoms with Crippen molar-refractivity contribution in [1.29, 1.82) is 0 Å². The highest BCUT2D eigenvalue weighted by Crippen LogP contribution is 2.52. The third-order valence-corrected chi connectivity index (χ3v) is 12.5. The molecule has 5 rings (SSSR count). The second kappa shape index (κ2) is 12.4. The monoisotopic (exact) mass is 682 g/mol. The van der Waals surface area contributed by atoms with E-state index in [9.17, 15) is 19.5 Å². The summed E-state index contributed by atoms with van der Waals surface area (Å²) in [4.78, 5) is 50.9. The van der Waals surface area contributed by atoms with Gasteiger partial charge in [-0.2, -0.15) is 0 Å². The average molecular weight is 683 g/mol. The molecule has 8 nitrogen and oxygen atoms in total. The fourth-order valence-corrected chi connectivity index (χ4v) is 8.14. The molecule has 0 bridgehead atoms. The highest BCUT2D eigenvalue weighted by Gasteiger charge is 2.48. The van der Waals surface area contributed by atoms with Crippen molar-refractivity contribution in [2.45, 2.75) is 126 Å². The lowest BCUT2D eigenvalue weighted by Crippen LogP contribution is -2.36. The van der Waals surface area contributed by atoms with Crippen LogP contribution < -0.4 is 10.2 Å². The molecule has 0 radical (unpaired) electrons. The van der Waals surface area contributed by atoms with Gasteiger partial charge in [-0.05, 0) is 62.1 Å². The molecule has 0 saturated carbocycles. The molecule has 2 unspecified atom stereocenters. The van der Waals surface area contributed by atoms with Gasteiger partial charge in [0, 0.05) is 70.4 Å². The van der Waals surface area contributed by atoms with Crippen LogP contribution in [-0.4, -0.2) is 59.5 Å². The van der Waals surface area contributed by atoms with Gasteiger partial charge in [-0.3, -0.25) is 14.4 Å². The Morgan fingerprint density at radius 2 is 1.46 bits per heavy atom. The van der Waals surface area contributed by atoms with E-state index in [0.717, 1.165) is 35.4 Å². The zero-order chi connectivity index (χ0) is 37.5. The van der Waals surface area contributed by atoms with Crippen molar-refractivity contribution in [3.05, 3.63) is 63.6 Å². The first-order chi connectivity index (χ1) is 23.0. The van der Waals surface area contributed by atoms with Crippen LogP contribution in [0.1, 0.15) is 120 Å². The Morgan fingerprint density at radius 3 is 2.04 bits per heavy atom. The Hall–Kier alpha value is -3.94. The Kier molecular flexibility index (Phi) is 9.24. The second-order valence-electron chi connectivity index (χ2n) is 17.4. The van der Waals surface area contributed by atoms with Crippen LogP contribution in [0.5, 0.6) is 0 Å². The first-order valence-corrected chi connectivity index (χ1v) is 18.3. The summed E-state index contributed by atoms with van der Waals surface area (Å²) in [5.74, 6) is -0.887. The molecule has 2 atom stereocenters. The standard InChI is InChI=1S/C42H58N4O4/c1-15-17-39(5,6)37(49)43-29-21-31-27(41(9,10)23(3)45(31)13)19-25(29)33-35(47)34(36(33)48)26-20-28-32(46(14)24(4)42(28,11)12)22-30(26)44-38(50)40(7,8)18-16-2/h19-24,47H,15-18H2,1-14H3,(H,43,49). The van der Waals surface area contributed by atoms with Crippen molar-refractivity contribution in [1.82, 2.24) is 4.90 Å². The summed E-state index contributed by atoms with van der Waals surface area (Å²) in [5.41, 5.74) is 4.36. The van der Waals surface area contributed by atoms with Crippen LogP contribution in [0, 0.1) is 16.2 Å². The summed E-state index contributed by atoms with van der Waals surface area (Å²) < 4.78 is 0. The Morgan fingerprint density at radius 1 is 0.880 bits per heavy atom. The van der Waals surface area contributed by atoms with Crippen molar-refractivity contribution in [2.24, 2.45) is 21.2 Å². The van der Waals surface area contributed by atoms with E-state index in [0.29, 0.717) is 35.4 Å². The number of likely N-dealkylation sites (N-methyl/N-ethyl adjacent to an activating group) is 2. The molecular formula is C42H58N4O4. The Labute approximate surface area is 299 Å². The molecule has 50 heavy (non-hydrogen) atoms. The summed E-state index contributed by atoms with van der Waals surface area (Å²) >= 11 is 0. The number of likely N-dealkylation sites (tertiary alicyclic amines) is 1. The van der Waals surface area contributed by atoms with Crippen LogP contribution in [0.25, 0.3) is 5.57 Å². The first-order valence-electron chi connectivity index (χ1n) is 18.3. The fourth-order valence-electron chi connectivity index (χ4n) is 8.14. The predicted molar refractivity (Wildman–Crippen MR) is 205 cm³/mol. The zero-order valence-electron chi connectivity index (χ0n) is 32.8. The van der Waals surface area contributed by atoms with E-state index < -0.39 is 10.8 Å². The highest BCUT2D eigenvalue weighted by atomic mass is 16.3. The second-order valence-corrected chi connectivity index (χ2v) is 17.4. The van der Waals surface area contributed by atoms with Crippen molar-refractivity contribution in [3.8, 4) is 0 Å². The minimum atomic E-state index is -0.680. The first kappa shape index (κ1) is 37.3. The van der Waals surface area contributed by atoms with Crippen molar-refractivity contribution in [2.75, 3.05) is 24.3 Å². The van der Waals surface area contributed by atoms with Crippen LogP contribution in [0.15, 0.2) is 57.5 Å². The molecule has 1 fully saturated rings. The van der Waals surface area contributed by atoms with Crippen molar-refractivity contribution in [3.63, 3.8) is 0 Å². The van der Waals surface area contributed by atoms with E-state index in [1.807, 2.05) is 73.0 Å². The molecule has 2 N–H and O–H groups in total. The zero-order valence-corrected chi connectivity index (χ0v) is 32.8. The Bertz CT molecular complexity index is 1830. The van der Waals surface area contributed by atoms with Gasteiger partial charge in [-0.25, -0.2) is 4.99 Å². The average Bonchev–Trinajstić information content (AvgIpc) is 3.30. The predicted octanol–water partition coefficient (Wildman–Crippen LogP) is 8.69. The minimum absolute atomic E-state index is 0.141. The third-order valence-electron chi connectivity index (χ3n) is 12.5. The number of fused-ring (bicyclic) bond motifs is 2. The number of hydrogen-bond acceptors (Lipinski definition) is 6. The number of carbonyl (C=O) groups excluding carboxylic acids is 3. The number of nitrogens with one attached hydrogen (secondary N) is 1. The van der Waals surface area contributed by atoms with Crippen LogP contribution in [-0.2, 0) is 19.8 Å². The number of aliphatic imine (C=N–C) groups is 1. The maximum atomic E-state index is 14.5. The molecule has 1 aromatic carbocycles. The van der Waals surface area contributed by atoms with Crippen LogP contribution in [0.4, 0.5) is 11.4 Å². The van der Waals surface area contributed by atoms with E-state index in [2.05, 4.69) is 68.6 Å². The van der Waals surface area contributed by atoms with E-state index in [1.54, 1.807) is 0 Å². The van der Waals surface area contributed by atoms with Crippen molar-refractivity contribution < 1.29 is 19.5 Å². The number of Topliss-reactive ketones (excluding diaryl/α,β-unsaturated/α-hetero) is 1. The highest BCUT2D eigenvalue weighted by molar-refractivity contribution is 6.42. The van der Waals surface area contributed by atoms with E-state index in [-0.39, 0.29) is 57.4 Å². The number of ketones is 1. The number of aliphatic hydroxyl groups excluding tert-OH is 1. The number of nitrogens with zero attached hydrogens (tertiary/aromatic N) is 3. The topological polar surface area (TPSA) is 102 Å². The number of allylic oxidation sites excluding steroid dienone is 6. The maximum absolute atomic E-state index is 14.5. The van der Waals surface area contributed by atoms with E-state index in [4.69, 9.17) is 0 Å². The molecular weight excluding hydrogens is 624 g/mol. The number of carbonyl (C=O) groups is 3. The van der Waals surface area contributed by atoms with Crippen LogP contribution in [0.3, 0.4) is 0 Å². The number of rotatable bonds is 8. The quantitative estimate of drug-likeness (QED) is 0.266. The molecule has 1 aromatic rings. The summed E-state index contributed by atoms with van der Waals surface area (Å²) in [6.07, 6.45) is 6.92. The molecule has 0 spiro atoms. The fraction of sp³-hybridized carbons (Fsp3) is 0.571. The van der Waals surface area contributed by atoms with E-state index >= 15 is 0 Å². The lowest BCUT2D eigenvalue weighted by Gasteiger charge is -2.30. The van der Waals surface area contributed by atoms with Gasteiger partial charge in [0.1, 0.15) is 5.76 Å². The smallest absolute Gasteiger partial charge is 0.251 e. The van der Waals surface area contributed by atoms with Gasteiger partial charge in [-0.15, -0.1) is 0 Å². The third kappa shape index (κ3) is 5.67. The number of benzene rings is 1. The van der Waals surface area contributed by atoms with Gasteiger partial charge in [-0.1, -0.05) is 82.1 Å². The van der Waals surface area contributed by atoms with Gasteiger partial charge in [0.15, 0.2) is 0 Å². The molecule has 270 valence electrons.